The van der Waals surface area contributed by atoms with Gasteiger partial charge in [0.05, 0.1) is 12.2 Å². The van der Waals surface area contributed by atoms with Gasteiger partial charge in [0.1, 0.15) is 5.54 Å². The quantitative estimate of drug-likeness (QED) is 0.818. The number of aryl methyl sites for hydroxylation is 1. The van der Waals surface area contributed by atoms with Crippen molar-refractivity contribution in [1.82, 2.24) is 19.8 Å². The van der Waals surface area contributed by atoms with E-state index in [2.05, 4.69) is 27.0 Å². The third-order valence-corrected chi connectivity index (χ3v) is 5.99. The van der Waals surface area contributed by atoms with Crippen molar-refractivity contribution in [2.75, 3.05) is 19.6 Å². The molecular formula is C22H28N4O. The molecule has 5 nitrogen and oxygen atoms in total. The Labute approximate surface area is 161 Å². The standard InChI is InChI=1S/C22H28N4O/c1-18-7-4-9-19(24-18)10-16-26-15-6-12-22(26)11-5-14-25(21(22)27)17-20-8-2-3-13-23-20/h2-4,7-9,13H,5-6,10-12,14-17H2,1H3. The SMILES string of the molecule is Cc1cccc(CCN2CCCC23CCCN(Cc2ccccn2)C3=O)n1. The van der Waals surface area contributed by atoms with E-state index in [1.165, 1.54) is 0 Å². The van der Waals surface area contributed by atoms with E-state index in [4.69, 9.17) is 0 Å². The van der Waals surface area contributed by atoms with Crippen LogP contribution in [0.3, 0.4) is 0 Å². The van der Waals surface area contributed by atoms with Gasteiger partial charge in [0, 0.05) is 37.1 Å². The van der Waals surface area contributed by atoms with Crippen LogP contribution in [0.4, 0.5) is 0 Å². The van der Waals surface area contributed by atoms with Crippen molar-refractivity contribution in [1.29, 1.82) is 0 Å². The highest BCUT2D eigenvalue weighted by molar-refractivity contribution is 5.87. The molecule has 2 aromatic heterocycles. The maximum Gasteiger partial charge on any atom is 0.243 e. The van der Waals surface area contributed by atoms with E-state index in [1.54, 1.807) is 6.20 Å². The number of rotatable bonds is 5. The van der Waals surface area contributed by atoms with Gasteiger partial charge in [-0.15, -0.1) is 0 Å². The minimum Gasteiger partial charge on any atom is -0.335 e. The molecule has 1 amide bonds. The van der Waals surface area contributed by atoms with Crippen LogP contribution in [-0.2, 0) is 17.8 Å². The molecule has 0 aliphatic carbocycles. The van der Waals surface area contributed by atoms with E-state index in [1.807, 2.05) is 36.1 Å². The van der Waals surface area contributed by atoms with Crippen LogP contribution in [0.2, 0.25) is 0 Å². The van der Waals surface area contributed by atoms with Crippen molar-refractivity contribution in [3.05, 3.63) is 59.7 Å². The average Bonchev–Trinajstić information content (AvgIpc) is 3.08. The van der Waals surface area contributed by atoms with Gasteiger partial charge in [0.15, 0.2) is 0 Å². The largest absolute Gasteiger partial charge is 0.335 e. The molecule has 0 aromatic carbocycles. The van der Waals surface area contributed by atoms with E-state index in [0.717, 1.165) is 68.8 Å². The lowest BCUT2D eigenvalue weighted by Crippen LogP contribution is -2.60. The summed E-state index contributed by atoms with van der Waals surface area (Å²) in [4.78, 5) is 27.0. The minimum absolute atomic E-state index is 0.300. The van der Waals surface area contributed by atoms with E-state index in [-0.39, 0.29) is 5.54 Å². The molecule has 2 aliphatic heterocycles. The molecule has 27 heavy (non-hydrogen) atoms. The molecule has 1 atom stereocenters. The Kier molecular flexibility index (Phi) is 5.21. The van der Waals surface area contributed by atoms with Crippen LogP contribution in [0.5, 0.6) is 0 Å². The molecule has 5 heteroatoms. The summed E-state index contributed by atoms with van der Waals surface area (Å²) in [5.41, 5.74) is 2.83. The van der Waals surface area contributed by atoms with Crippen molar-refractivity contribution < 1.29 is 4.79 Å². The van der Waals surface area contributed by atoms with Crippen LogP contribution >= 0.6 is 0 Å². The number of carbonyl (C=O) groups excluding carboxylic acids is 1. The van der Waals surface area contributed by atoms with Crippen molar-refractivity contribution >= 4 is 5.91 Å². The molecule has 0 bridgehead atoms. The zero-order valence-corrected chi connectivity index (χ0v) is 16.1. The van der Waals surface area contributed by atoms with Crippen LogP contribution in [0.25, 0.3) is 0 Å². The summed E-state index contributed by atoms with van der Waals surface area (Å²) < 4.78 is 0. The fraction of sp³-hybridized carbons (Fsp3) is 0.500. The molecule has 2 saturated heterocycles. The predicted octanol–water partition coefficient (Wildman–Crippen LogP) is 2.98. The predicted molar refractivity (Wildman–Crippen MR) is 105 cm³/mol. The highest BCUT2D eigenvalue weighted by atomic mass is 16.2. The summed E-state index contributed by atoms with van der Waals surface area (Å²) in [6, 6.07) is 12.1. The number of carbonyl (C=O) groups is 1. The van der Waals surface area contributed by atoms with Crippen molar-refractivity contribution in [3.8, 4) is 0 Å². The number of amides is 1. The topological polar surface area (TPSA) is 49.3 Å². The van der Waals surface area contributed by atoms with E-state index in [0.29, 0.717) is 12.5 Å². The van der Waals surface area contributed by atoms with Crippen molar-refractivity contribution in [3.63, 3.8) is 0 Å². The van der Waals surface area contributed by atoms with Gasteiger partial charge >= 0.3 is 0 Å². The third kappa shape index (κ3) is 3.74. The zero-order valence-electron chi connectivity index (χ0n) is 16.1. The summed E-state index contributed by atoms with van der Waals surface area (Å²) in [7, 11) is 0. The molecular weight excluding hydrogens is 336 g/mol. The summed E-state index contributed by atoms with van der Waals surface area (Å²) in [6.45, 7) is 5.40. The average molecular weight is 364 g/mol. The maximum atomic E-state index is 13.5. The zero-order chi connectivity index (χ0) is 18.7. The smallest absolute Gasteiger partial charge is 0.243 e. The summed E-state index contributed by atoms with van der Waals surface area (Å²) in [6.07, 6.45) is 6.83. The second-order valence-electron chi connectivity index (χ2n) is 7.79. The number of piperidine rings is 1. The van der Waals surface area contributed by atoms with Crippen molar-refractivity contribution in [2.45, 2.75) is 51.1 Å². The lowest BCUT2D eigenvalue weighted by atomic mass is 9.85. The second-order valence-corrected chi connectivity index (χ2v) is 7.79. The van der Waals surface area contributed by atoms with Crippen LogP contribution in [0.15, 0.2) is 42.6 Å². The molecule has 2 aromatic rings. The molecule has 4 rings (SSSR count). The maximum absolute atomic E-state index is 13.5. The summed E-state index contributed by atoms with van der Waals surface area (Å²) in [5.74, 6) is 0.300. The number of nitrogens with zero attached hydrogens (tertiary/aromatic N) is 4. The molecule has 0 radical (unpaired) electrons. The van der Waals surface area contributed by atoms with Gasteiger partial charge in [-0.25, -0.2) is 0 Å². The van der Waals surface area contributed by atoms with E-state index < -0.39 is 0 Å². The Hall–Kier alpha value is -2.27. The Morgan fingerprint density at radius 2 is 1.85 bits per heavy atom. The van der Waals surface area contributed by atoms with Crippen LogP contribution < -0.4 is 0 Å². The monoisotopic (exact) mass is 364 g/mol. The molecule has 142 valence electrons. The Morgan fingerprint density at radius 1 is 1.04 bits per heavy atom. The highest BCUT2D eigenvalue weighted by Crippen LogP contribution is 2.38. The first-order chi connectivity index (χ1) is 13.2. The fourth-order valence-corrected chi connectivity index (χ4v) is 4.68. The molecule has 1 unspecified atom stereocenters. The van der Waals surface area contributed by atoms with E-state index >= 15 is 0 Å². The van der Waals surface area contributed by atoms with Gasteiger partial charge in [-0.1, -0.05) is 12.1 Å². The molecule has 0 saturated carbocycles. The normalized spacial score (nSPS) is 23.3. The van der Waals surface area contributed by atoms with Gasteiger partial charge in [0.25, 0.3) is 0 Å². The molecule has 4 heterocycles. The van der Waals surface area contributed by atoms with Crippen molar-refractivity contribution in [2.24, 2.45) is 0 Å². The van der Waals surface area contributed by atoms with Gasteiger partial charge < -0.3 is 4.90 Å². The number of hydrogen-bond donors (Lipinski definition) is 0. The molecule has 2 aliphatic rings. The van der Waals surface area contributed by atoms with Gasteiger partial charge in [0.2, 0.25) is 5.91 Å². The van der Waals surface area contributed by atoms with Crippen LogP contribution in [-0.4, -0.2) is 50.8 Å². The Balaban J connectivity index is 1.47. The first-order valence-corrected chi connectivity index (χ1v) is 10.0. The number of likely N-dealkylation sites (tertiary alicyclic amines) is 2. The number of pyridine rings is 2. The lowest BCUT2D eigenvalue weighted by Gasteiger charge is -2.44. The molecule has 0 N–H and O–H groups in total. The second kappa shape index (κ2) is 7.77. The third-order valence-electron chi connectivity index (χ3n) is 5.99. The minimum atomic E-state index is -0.309. The summed E-state index contributed by atoms with van der Waals surface area (Å²) >= 11 is 0. The molecule has 1 spiro atoms. The first kappa shape index (κ1) is 18.1. The van der Waals surface area contributed by atoms with Crippen LogP contribution in [0.1, 0.15) is 42.8 Å². The lowest BCUT2D eigenvalue weighted by molar-refractivity contribution is -0.148. The summed E-state index contributed by atoms with van der Waals surface area (Å²) in [5, 5.41) is 0. The van der Waals surface area contributed by atoms with Crippen LogP contribution in [0, 0.1) is 6.92 Å². The van der Waals surface area contributed by atoms with Gasteiger partial charge in [-0.3, -0.25) is 19.7 Å². The van der Waals surface area contributed by atoms with Gasteiger partial charge in [-0.2, -0.15) is 0 Å². The Bertz CT molecular complexity index is 794. The van der Waals surface area contributed by atoms with Gasteiger partial charge in [-0.05, 0) is 63.4 Å². The first-order valence-electron chi connectivity index (χ1n) is 10.0. The number of aromatic nitrogens is 2. The number of hydrogen-bond acceptors (Lipinski definition) is 4. The Morgan fingerprint density at radius 3 is 2.63 bits per heavy atom. The molecule has 2 fully saturated rings. The fourth-order valence-electron chi connectivity index (χ4n) is 4.68. The van der Waals surface area contributed by atoms with E-state index in [9.17, 15) is 4.79 Å². The highest BCUT2D eigenvalue weighted by Gasteiger charge is 2.50.